The summed E-state index contributed by atoms with van der Waals surface area (Å²) in [5, 5.41) is 15.8. The van der Waals surface area contributed by atoms with E-state index in [2.05, 4.69) is 15.5 Å². The van der Waals surface area contributed by atoms with Crippen molar-refractivity contribution in [3.8, 4) is 0 Å². The first-order valence-corrected chi connectivity index (χ1v) is 7.96. The molecule has 0 saturated heterocycles. The predicted molar refractivity (Wildman–Crippen MR) is 76.1 cm³/mol. The number of aryl methyl sites for hydroxylation is 1. The molecule has 7 nitrogen and oxygen atoms in total. The molecule has 0 unspecified atom stereocenters. The van der Waals surface area contributed by atoms with Gasteiger partial charge in [-0.05, 0) is 38.5 Å². The van der Waals surface area contributed by atoms with Crippen molar-refractivity contribution in [3.05, 3.63) is 11.7 Å². The van der Waals surface area contributed by atoms with Gasteiger partial charge in [0.1, 0.15) is 0 Å². The third kappa shape index (κ3) is 3.84. The molecule has 2 N–H and O–H groups in total. The monoisotopic (exact) mass is 307 g/mol. The Morgan fingerprint density at radius 1 is 1.27 bits per heavy atom. The van der Waals surface area contributed by atoms with Crippen LogP contribution < -0.4 is 5.32 Å². The van der Waals surface area contributed by atoms with E-state index >= 15 is 0 Å². The van der Waals surface area contributed by atoms with Crippen molar-refractivity contribution in [1.29, 1.82) is 0 Å². The summed E-state index contributed by atoms with van der Waals surface area (Å²) in [7, 11) is 0. The first-order valence-electron chi connectivity index (χ1n) is 7.96. The van der Waals surface area contributed by atoms with E-state index in [-0.39, 0.29) is 17.9 Å². The summed E-state index contributed by atoms with van der Waals surface area (Å²) < 4.78 is 5.16. The van der Waals surface area contributed by atoms with Crippen LogP contribution in [0.3, 0.4) is 0 Å². The van der Waals surface area contributed by atoms with E-state index in [1.165, 1.54) is 0 Å². The molecule has 3 rings (SSSR count). The zero-order chi connectivity index (χ0) is 15.5. The van der Waals surface area contributed by atoms with Gasteiger partial charge in [0, 0.05) is 24.8 Å². The summed E-state index contributed by atoms with van der Waals surface area (Å²) in [6.45, 7) is 0. The fourth-order valence-corrected chi connectivity index (χ4v) is 2.91. The number of carboxylic acids is 1. The highest BCUT2D eigenvalue weighted by Gasteiger charge is 2.30. The minimum absolute atomic E-state index is 0.00141. The molecule has 0 bridgehead atoms. The van der Waals surface area contributed by atoms with Crippen LogP contribution in [0.4, 0.5) is 0 Å². The van der Waals surface area contributed by atoms with Crippen LogP contribution in [0.1, 0.15) is 62.6 Å². The fraction of sp³-hybridized carbons (Fsp3) is 0.733. The molecule has 1 aromatic heterocycles. The standard InChI is InChI=1S/C15H21N3O4/c19-12(16-11-7-6-10(8-11)15(20)21)2-1-3-13-17-14(18-22-13)9-4-5-9/h9-11H,1-8H2,(H,16,19)(H,20,21)/t10-,11+/m0/s1. The summed E-state index contributed by atoms with van der Waals surface area (Å²) in [4.78, 5) is 27.1. The maximum atomic E-state index is 11.9. The number of aromatic nitrogens is 2. The summed E-state index contributed by atoms with van der Waals surface area (Å²) in [5.41, 5.74) is 0. The number of amides is 1. The predicted octanol–water partition coefficient (Wildman–Crippen LogP) is 1.64. The van der Waals surface area contributed by atoms with Crippen molar-refractivity contribution < 1.29 is 19.2 Å². The topological polar surface area (TPSA) is 105 Å². The normalized spacial score (nSPS) is 24.4. The number of aliphatic carboxylic acids is 1. The van der Waals surface area contributed by atoms with E-state index < -0.39 is 5.97 Å². The van der Waals surface area contributed by atoms with E-state index in [0.717, 1.165) is 25.1 Å². The van der Waals surface area contributed by atoms with Gasteiger partial charge in [-0.1, -0.05) is 5.16 Å². The second kappa shape index (κ2) is 6.46. The highest BCUT2D eigenvalue weighted by atomic mass is 16.5. The summed E-state index contributed by atoms with van der Waals surface area (Å²) >= 11 is 0. The first-order chi connectivity index (χ1) is 10.6. The van der Waals surface area contributed by atoms with Crippen LogP contribution in [-0.4, -0.2) is 33.2 Å². The lowest BCUT2D eigenvalue weighted by molar-refractivity contribution is -0.141. The molecule has 2 atom stereocenters. The molecular formula is C15H21N3O4. The minimum atomic E-state index is -0.764. The molecule has 2 fully saturated rings. The summed E-state index contributed by atoms with van der Waals surface area (Å²) in [6, 6.07) is -0.00141. The lowest BCUT2D eigenvalue weighted by atomic mass is 10.1. The number of nitrogens with zero attached hydrogens (tertiary/aromatic N) is 2. The Morgan fingerprint density at radius 3 is 2.77 bits per heavy atom. The van der Waals surface area contributed by atoms with Crippen molar-refractivity contribution in [2.24, 2.45) is 5.92 Å². The lowest BCUT2D eigenvalue weighted by Crippen LogP contribution is -2.33. The number of carboxylic acid groups (broad SMARTS) is 1. The van der Waals surface area contributed by atoms with Gasteiger partial charge in [0.05, 0.1) is 5.92 Å². The second-order valence-electron chi connectivity index (χ2n) is 6.29. The van der Waals surface area contributed by atoms with E-state index in [9.17, 15) is 9.59 Å². The Bertz CT molecular complexity index is 553. The Kier molecular flexibility index (Phi) is 4.40. The van der Waals surface area contributed by atoms with Crippen molar-refractivity contribution in [1.82, 2.24) is 15.5 Å². The molecule has 2 aliphatic carbocycles. The second-order valence-corrected chi connectivity index (χ2v) is 6.29. The van der Waals surface area contributed by atoms with Crippen molar-refractivity contribution in [2.45, 2.75) is 63.3 Å². The van der Waals surface area contributed by atoms with Gasteiger partial charge in [0.2, 0.25) is 11.8 Å². The summed E-state index contributed by atoms with van der Waals surface area (Å²) in [5.74, 6) is 0.763. The van der Waals surface area contributed by atoms with Crippen molar-refractivity contribution in [2.75, 3.05) is 0 Å². The Hall–Kier alpha value is -1.92. The van der Waals surface area contributed by atoms with Gasteiger partial charge < -0.3 is 14.9 Å². The lowest BCUT2D eigenvalue weighted by Gasteiger charge is -2.11. The van der Waals surface area contributed by atoms with Gasteiger partial charge in [-0.2, -0.15) is 4.98 Å². The van der Waals surface area contributed by atoms with E-state index in [1.807, 2.05) is 0 Å². The van der Waals surface area contributed by atoms with Gasteiger partial charge in [0.15, 0.2) is 5.82 Å². The number of hydrogen-bond acceptors (Lipinski definition) is 5. The molecule has 0 spiro atoms. The number of nitrogens with one attached hydrogen (secondary N) is 1. The van der Waals surface area contributed by atoms with Crippen LogP contribution in [0, 0.1) is 5.92 Å². The molecule has 1 heterocycles. The van der Waals surface area contributed by atoms with E-state index in [0.29, 0.717) is 43.9 Å². The molecule has 2 aliphatic rings. The van der Waals surface area contributed by atoms with Crippen LogP contribution >= 0.6 is 0 Å². The number of hydrogen-bond donors (Lipinski definition) is 2. The molecule has 120 valence electrons. The quantitative estimate of drug-likeness (QED) is 0.793. The van der Waals surface area contributed by atoms with Crippen molar-refractivity contribution in [3.63, 3.8) is 0 Å². The summed E-state index contributed by atoms with van der Waals surface area (Å²) in [6.07, 6.45) is 5.87. The third-order valence-corrected chi connectivity index (χ3v) is 4.37. The molecule has 22 heavy (non-hydrogen) atoms. The van der Waals surface area contributed by atoms with Gasteiger partial charge in [-0.15, -0.1) is 0 Å². The smallest absolute Gasteiger partial charge is 0.306 e. The molecule has 0 radical (unpaired) electrons. The molecule has 0 aromatic carbocycles. The van der Waals surface area contributed by atoms with Crippen LogP contribution in [-0.2, 0) is 16.0 Å². The Morgan fingerprint density at radius 2 is 2.09 bits per heavy atom. The van der Waals surface area contributed by atoms with Crippen LogP contribution in [0.15, 0.2) is 4.52 Å². The molecule has 1 amide bonds. The zero-order valence-electron chi connectivity index (χ0n) is 12.5. The van der Waals surface area contributed by atoms with Crippen LogP contribution in [0.5, 0.6) is 0 Å². The van der Waals surface area contributed by atoms with E-state index in [4.69, 9.17) is 9.63 Å². The molecule has 2 saturated carbocycles. The average Bonchev–Trinajstić information content (AvgIpc) is 3.03. The highest BCUT2D eigenvalue weighted by molar-refractivity contribution is 5.76. The van der Waals surface area contributed by atoms with Crippen molar-refractivity contribution >= 4 is 11.9 Å². The van der Waals surface area contributed by atoms with Gasteiger partial charge >= 0.3 is 5.97 Å². The number of carbonyl (C=O) groups excluding carboxylic acids is 1. The SMILES string of the molecule is O=C(CCCc1nc(C2CC2)no1)N[C@@H]1CC[C@H](C(=O)O)C1. The van der Waals surface area contributed by atoms with Crippen LogP contribution in [0.25, 0.3) is 0 Å². The maximum Gasteiger partial charge on any atom is 0.306 e. The molecule has 1 aromatic rings. The van der Waals surface area contributed by atoms with Gasteiger partial charge in [-0.25, -0.2) is 0 Å². The van der Waals surface area contributed by atoms with Crippen LogP contribution in [0.2, 0.25) is 0 Å². The number of rotatable bonds is 7. The van der Waals surface area contributed by atoms with E-state index in [1.54, 1.807) is 0 Å². The zero-order valence-corrected chi connectivity index (χ0v) is 12.5. The minimum Gasteiger partial charge on any atom is -0.481 e. The molecule has 0 aliphatic heterocycles. The Balaban J connectivity index is 1.34. The first kappa shape index (κ1) is 15.0. The highest BCUT2D eigenvalue weighted by Crippen LogP contribution is 2.38. The maximum absolute atomic E-state index is 11.9. The molecule has 7 heteroatoms. The average molecular weight is 307 g/mol. The van der Waals surface area contributed by atoms with Gasteiger partial charge in [0.25, 0.3) is 0 Å². The fourth-order valence-electron chi connectivity index (χ4n) is 2.91. The molecular weight excluding hydrogens is 286 g/mol. The Labute approximate surface area is 128 Å². The van der Waals surface area contributed by atoms with Gasteiger partial charge in [-0.3, -0.25) is 9.59 Å². The third-order valence-electron chi connectivity index (χ3n) is 4.37. The number of carbonyl (C=O) groups is 2. The largest absolute Gasteiger partial charge is 0.481 e.